The van der Waals surface area contributed by atoms with Crippen LogP contribution in [0, 0.1) is 5.41 Å². The summed E-state index contributed by atoms with van der Waals surface area (Å²) >= 11 is 0. The fraction of sp³-hybridized carbons (Fsp3) is 0.438. The maximum atomic E-state index is 11.8. The van der Waals surface area contributed by atoms with E-state index in [9.17, 15) is 14.4 Å². The zero-order valence-corrected chi connectivity index (χ0v) is 13.1. The molecule has 6 nitrogen and oxygen atoms in total. The maximum absolute atomic E-state index is 11.8. The molecule has 1 aromatic rings. The first-order valence-electron chi connectivity index (χ1n) is 7.03. The Morgan fingerprint density at radius 1 is 1.05 bits per heavy atom. The van der Waals surface area contributed by atoms with E-state index in [0.29, 0.717) is 12.1 Å². The third kappa shape index (κ3) is 7.42. The first kappa shape index (κ1) is 17.7. The zero-order chi connectivity index (χ0) is 16.8. The summed E-state index contributed by atoms with van der Waals surface area (Å²) in [6, 6.07) is 6.90. The number of carbonyl (C=O) groups excluding carboxylic acids is 2. The van der Waals surface area contributed by atoms with Crippen molar-refractivity contribution in [2.45, 2.75) is 33.6 Å². The van der Waals surface area contributed by atoms with E-state index in [2.05, 4.69) is 10.6 Å². The first-order valence-corrected chi connectivity index (χ1v) is 7.03. The van der Waals surface area contributed by atoms with Crippen LogP contribution in [0.3, 0.4) is 0 Å². The Morgan fingerprint density at radius 2 is 1.64 bits per heavy atom. The van der Waals surface area contributed by atoms with Gasteiger partial charge in [0.2, 0.25) is 11.8 Å². The van der Waals surface area contributed by atoms with Gasteiger partial charge >= 0.3 is 5.97 Å². The van der Waals surface area contributed by atoms with Crippen molar-refractivity contribution in [3.63, 3.8) is 0 Å². The second-order valence-electron chi connectivity index (χ2n) is 6.33. The summed E-state index contributed by atoms with van der Waals surface area (Å²) in [7, 11) is 0. The van der Waals surface area contributed by atoms with Crippen LogP contribution in [-0.2, 0) is 20.8 Å². The monoisotopic (exact) mass is 306 g/mol. The SMILES string of the molecule is CC(C)(C)CC(=O)Nc1ccc(CC(=O)NCC(=O)O)cc1. The molecule has 0 saturated carbocycles. The van der Waals surface area contributed by atoms with E-state index in [1.807, 2.05) is 20.8 Å². The van der Waals surface area contributed by atoms with E-state index in [0.717, 1.165) is 5.56 Å². The topological polar surface area (TPSA) is 95.5 Å². The molecule has 0 aliphatic carbocycles. The normalized spacial score (nSPS) is 10.9. The molecule has 0 heterocycles. The van der Waals surface area contributed by atoms with Crippen LogP contribution in [0.15, 0.2) is 24.3 Å². The number of rotatable bonds is 6. The molecular weight excluding hydrogens is 284 g/mol. The molecule has 0 saturated heterocycles. The lowest BCUT2D eigenvalue weighted by molar-refractivity contribution is -0.137. The summed E-state index contributed by atoms with van der Waals surface area (Å²) in [4.78, 5) is 33.6. The summed E-state index contributed by atoms with van der Waals surface area (Å²) < 4.78 is 0. The number of carboxylic acid groups (broad SMARTS) is 1. The molecule has 0 aliphatic heterocycles. The Balaban J connectivity index is 2.51. The maximum Gasteiger partial charge on any atom is 0.322 e. The molecule has 0 aliphatic rings. The Morgan fingerprint density at radius 3 is 2.14 bits per heavy atom. The third-order valence-corrected chi connectivity index (χ3v) is 2.73. The first-order chi connectivity index (χ1) is 10.2. The largest absolute Gasteiger partial charge is 0.480 e. The highest BCUT2D eigenvalue weighted by Crippen LogP contribution is 2.19. The summed E-state index contributed by atoms with van der Waals surface area (Å²) in [5.74, 6) is -1.49. The van der Waals surface area contributed by atoms with Gasteiger partial charge in [-0.05, 0) is 23.1 Å². The predicted octanol–water partition coefficient (Wildman–Crippen LogP) is 1.80. The molecule has 2 amide bonds. The molecule has 3 N–H and O–H groups in total. The molecule has 0 spiro atoms. The number of benzene rings is 1. The minimum absolute atomic E-state index is 0.0561. The fourth-order valence-electron chi connectivity index (χ4n) is 1.81. The smallest absolute Gasteiger partial charge is 0.322 e. The second-order valence-corrected chi connectivity index (χ2v) is 6.33. The van der Waals surface area contributed by atoms with Crippen molar-refractivity contribution in [1.29, 1.82) is 0 Å². The molecule has 0 fully saturated rings. The van der Waals surface area contributed by atoms with Gasteiger partial charge in [0, 0.05) is 12.1 Å². The number of carbonyl (C=O) groups is 3. The Hall–Kier alpha value is -2.37. The van der Waals surface area contributed by atoms with Crippen molar-refractivity contribution < 1.29 is 19.5 Å². The van der Waals surface area contributed by atoms with Gasteiger partial charge in [-0.3, -0.25) is 14.4 Å². The Bertz CT molecular complexity index is 544. The van der Waals surface area contributed by atoms with Crippen LogP contribution >= 0.6 is 0 Å². The van der Waals surface area contributed by atoms with Gasteiger partial charge in [-0.1, -0.05) is 32.9 Å². The van der Waals surface area contributed by atoms with Crippen molar-refractivity contribution in [2.75, 3.05) is 11.9 Å². The average Bonchev–Trinajstić information content (AvgIpc) is 2.36. The molecule has 0 aromatic heterocycles. The standard InChI is InChI=1S/C16H22N2O4/c1-16(2,3)9-14(20)18-12-6-4-11(5-7-12)8-13(19)17-10-15(21)22/h4-7H,8-10H2,1-3H3,(H,17,19)(H,18,20)(H,21,22). The van der Waals surface area contributed by atoms with Gasteiger partial charge in [0.15, 0.2) is 0 Å². The number of aliphatic carboxylic acids is 1. The highest BCUT2D eigenvalue weighted by atomic mass is 16.4. The van der Waals surface area contributed by atoms with Crippen LogP contribution in [-0.4, -0.2) is 29.4 Å². The van der Waals surface area contributed by atoms with Crippen LogP contribution in [0.4, 0.5) is 5.69 Å². The van der Waals surface area contributed by atoms with Gasteiger partial charge in [0.1, 0.15) is 6.54 Å². The summed E-state index contributed by atoms with van der Waals surface area (Å²) in [6.07, 6.45) is 0.524. The van der Waals surface area contributed by atoms with E-state index >= 15 is 0 Å². The molecule has 6 heteroatoms. The van der Waals surface area contributed by atoms with Crippen molar-refractivity contribution >= 4 is 23.5 Å². The lowest BCUT2D eigenvalue weighted by Gasteiger charge is -2.17. The molecule has 0 atom stereocenters. The van der Waals surface area contributed by atoms with Crippen LogP contribution in [0.2, 0.25) is 0 Å². The van der Waals surface area contributed by atoms with Gasteiger partial charge in [-0.25, -0.2) is 0 Å². The molecular formula is C16H22N2O4. The van der Waals surface area contributed by atoms with E-state index in [4.69, 9.17) is 5.11 Å². The molecule has 120 valence electrons. The number of carboxylic acids is 1. The number of hydrogen-bond donors (Lipinski definition) is 3. The van der Waals surface area contributed by atoms with Crippen molar-refractivity contribution in [1.82, 2.24) is 5.32 Å². The quantitative estimate of drug-likeness (QED) is 0.747. The van der Waals surface area contributed by atoms with E-state index in [-0.39, 0.29) is 30.2 Å². The van der Waals surface area contributed by atoms with Crippen molar-refractivity contribution in [3.05, 3.63) is 29.8 Å². The van der Waals surface area contributed by atoms with E-state index in [1.165, 1.54) is 0 Å². The van der Waals surface area contributed by atoms with Gasteiger partial charge in [0.05, 0.1) is 6.42 Å². The van der Waals surface area contributed by atoms with Gasteiger partial charge < -0.3 is 15.7 Å². The number of anilines is 1. The molecule has 1 rings (SSSR count). The van der Waals surface area contributed by atoms with E-state index in [1.54, 1.807) is 24.3 Å². The van der Waals surface area contributed by atoms with Gasteiger partial charge in [-0.2, -0.15) is 0 Å². The van der Waals surface area contributed by atoms with Crippen LogP contribution in [0.5, 0.6) is 0 Å². The molecule has 1 aromatic carbocycles. The summed E-state index contributed by atoms with van der Waals surface area (Å²) in [6.45, 7) is 5.59. The molecule has 0 radical (unpaired) electrons. The van der Waals surface area contributed by atoms with Gasteiger partial charge in [-0.15, -0.1) is 0 Å². The lowest BCUT2D eigenvalue weighted by atomic mass is 9.92. The summed E-state index contributed by atoms with van der Waals surface area (Å²) in [5, 5.41) is 13.6. The Labute approximate surface area is 129 Å². The number of hydrogen-bond acceptors (Lipinski definition) is 3. The van der Waals surface area contributed by atoms with Crippen LogP contribution in [0.1, 0.15) is 32.8 Å². The lowest BCUT2D eigenvalue weighted by Crippen LogP contribution is -2.30. The molecule has 22 heavy (non-hydrogen) atoms. The second kappa shape index (κ2) is 7.59. The van der Waals surface area contributed by atoms with E-state index < -0.39 is 5.97 Å². The van der Waals surface area contributed by atoms with Crippen molar-refractivity contribution in [2.24, 2.45) is 5.41 Å². The minimum atomic E-state index is -1.08. The highest BCUT2D eigenvalue weighted by molar-refractivity contribution is 5.91. The number of nitrogens with one attached hydrogen (secondary N) is 2. The average molecular weight is 306 g/mol. The Kier molecular flexibility index (Phi) is 6.10. The minimum Gasteiger partial charge on any atom is -0.480 e. The third-order valence-electron chi connectivity index (χ3n) is 2.73. The zero-order valence-electron chi connectivity index (χ0n) is 13.1. The molecule has 0 bridgehead atoms. The highest BCUT2D eigenvalue weighted by Gasteiger charge is 2.15. The summed E-state index contributed by atoms with van der Waals surface area (Å²) in [5.41, 5.74) is 1.34. The molecule has 0 unspecified atom stereocenters. The van der Waals surface area contributed by atoms with Crippen LogP contribution in [0.25, 0.3) is 0 Å². The van der Waals surface area contributed by atoms with Crippen molar-refractivity contribution in [3.8, 4) is 0 Å². The fourth-order valence-corrected chi connectivity index (χ4v) is 1.81. The van der Waals surface area contributed by atoms with Crippen LogP contribution < -0.4 is 10.6 Å². The number of amides is 2. The predicted molar refractivity (Wildman–Crippen MR) is 83.5 cm³/mol. The van der Waals surface area contributed by atoms with Gasteiger partial charge in [0.25, 0.3) is 0 Å².